The Morgan fingerprint density at radius 3 is 2.76 bits per heavy atom. The fourth-order valence-electron chi connectivity index (χ4n) is 3.08. The number of aryl methyl sites for hydroxylation is 1. The second-order valence-corrected chi connectivity index (χ2v) is 6.48. The van der Waals surface area contributed by atoms with Gasteiger partial charge in [-0.2, -0.15) is 5.26 Å². The molecule has 0 saturated heterocycles. The van der Waals surface area contributed by atoms with Crippen LogP contribution in [-0.4, -0.2) is 21.0 Å². The average molecular weight is 352 g/mol. The Hall–Kier alpha value is -2.91. The third-order valence-electron chi connectivity index (χ3n) is 4.20. The monoisotopic (exact) mass is 351 g/mol. The first-order valence-electron chi connectivity index (χ1n) is 7.85. The van der Waals surface area contributed by atoms with Crippen LogP contribution in [0.4, 0.5) is 5.95 Å². The van der Waals surface area contributed by atoms with Crippen molar-refractivity contribution in [1.82, 2.24) is 15.0 Å². The lowest BCUT2D eigenvalue weighted by molar-refractivity contribution is 0.573. The Labute approximate surface area is 149 Å². The molecule has 0 bridgehead atoms. The Morgan fingerprint density at radius 2 is 2.08 bits per heavy atom. The number of hydrogen-bond acceptors (Lipinski definition) is 6. The summed E-state index contributed by atoms with van der Waals surface area (Å²) in [5.41, 5.74) is 4.34. The van der Waals surface area contributed by atoms with Crippen LogP contribution in [-0.2, 0) is 12.8 Å². The van der Waals surface area contributed by atoms with E-state index in [-0.39, 0.29) is 6.04 Å². The summed E-state index contributed by atoms with van der Waals surface area (Å²) in [6, 6.07) is 5.99. The second kappa shape index (κ2) is 6.19. The van der Waals surface area contributed by atoms with Crippen molar-refractivity contribution in [3.63, 3.8) is 0 Å². The molecular formula is C18H14ClN5O. The Bertz CT molecular complexity index is 974. The van der Waals surface area contributed by atoms with Crippen molar-refractivity contribution in [2.75, 3.05) is 5.32 Å². The third kappa shape index (κ3) is 3.06. The van der Waals surface area contributed by atoms with Crippen molar-refractivity contribution in [1.29, 1.82) is 5.26 Å². The van der Waals surface area contributed by atoms with E-state index in [4.69, 9.17) is 16.0 Å². The highest BCUT2D eigenvalue weighted by atomic mass is 35.5. The quantitative estimate of drug-likeness (QED) is 0.776. The summed E-state index contributed by atoms with van der Waals surface area (Å²) in [5, 5.41) is 13.2. The molecule has 1 aromatic carbocycles. The van der Waals surface area contributed by atoms with Crippen LogP contribution in [0.5, 0.6) is 0 Å². The number of rotatable bonds is 3. The molecule has 1 atom stereocenters. The van der Waals surface area contributed by atoms with Gasteiger partial charge in [-0.3, -0.25) is 0 Å². The van der Waals surface area contributed by atoms with Gasteiger partial charge in [0.05, 0.1) is 22.9 Å². The minimum absolute atomic E-state index is 0.135. The molecule has 0 saturated carbocycles. The molecular weight excluding hydrogens is 338 g/mol. The fourth-order valence-corrected chi connectivity index (χ4v) is 3.33. The topological polar surface area (TPSA) is 87.6 Å². The summed E-state index contributed by atoms with van der Waals surface area (Å²) >= 11 is 6.08. The summed E-state index contributed by atoms with van der Waals surface area (Å²) in [5.74, 6) is 1.04. The Kier molecular flexibility index (Phi) is 3.86. The normalized spacial score (nSPS) is 15.6. The number of benzene rings is 1. The van der Waals surface area contributed by atoms with Crippen LogP contribution in [0.3, 0.4) is 0 Å². The molecule has 3 aromatic rings. The van der Waals surface area contributed by atoms with Crippen LogP contribution >= 0.6 is 11.6 Å². The molecule has 0 spiro atoms. The standard InChI is InChI=1S/C18H14ClN5O/c1-10-9-25-17(23-10)13-7-21-18(22-8-13)24-15-4-11-2-14(19)3-12(6-20)16(11)5-15/h2-3,7-9,15H,4-5H2,1H3,(H,21,22,24). The maximum absolute atomic E-state index is 9.27. The smallest absolute Gasteiger partial charge is 0.229 e. The number of hydrogen-bond donors (Lipinski definition) is 1. The predicted octanol–water partition coefficient (Wildman–Crippen LogP) is 3.54. The first-order valence-corrected chi connectivity index (χ1v) is 8.22. The lowest BCUT2D eigenvalue weighted by atomic mass is 10.0. The molecule has 1 N–H and O–H groups in total. The van der Waals surface area contributed by atoms with E-state index in [1.165, 1.54) is 0 Å². The van der Waals surface area contributed by atoms with Gasteiger partial charge < -0.3 is 9.73 Å². The van der Waals surface area contributed by atoms with Crippen molar-refractivity contribution < 1.29 is 4.42 Å². The lowest BCUT2D eigenvalue weighted by Gasteiger charge is -2.11. The van der Waals surface area contributed by atoms with Gasteiger partial charge in [-0.25, -0.2) is 15.0 Å². The first-order chi connectivity index (χ1) is 12.1. The van der Waals surface area contributed by atoms with Crippen molar-refractivity contribution >= 4 is 17.5 Å². The Balaban J connectivity index is 1.49. The van der Waals surface area contributed by atoms with Gasteiger partial charge in [0, 0.05) is 23.5 Å². The molecule has 0 fully saturated rings. The van der Waals surface area contributed by atoms with Gasteiger partial charge in [0.2, 0.25) is 11.8 Å². The van der Waals surface area contributed by atoms with Crippen LogP contribution in [0.25, 0.3) is 11.5 Å². The molecule has 1 aliphatic carbocycles. The third-order valence-corrected chi connectivity index (χ3v) is 4.41. The van der Waals surface area contributed by atoms with Crippen LogP contribution in [0.2, 0.25) is 5.02 Å². The molecule has 124 valence electrons. The van der Waals surface area contributed by atoms with Crippen molar-refractivity contribution in [2.24, 2.45) is 0 Å². The summed E-state index contributed by atoms with van der Waals surface area (Å²) < 4.78 is 5.35. The van der Waals surface area contributed by atoms with E-state index in [0.29, 0.717) is 22.4 Å². The molecule has 0 radical (unpaired) electrons. The average Bonchev–Trinajstić information content (AvgIpc) is 3.20. The van der Waals surface area contributed by atoms with Crippen LogP contribution in [0.1, 0.15) is 22.4 Å². The summed E-state index contributed by atoms with van der Waals surface area (Å²) in [6.07, 6.45) is 6.49. The van der Waals surface area contributed by atoms with Crippen LogP contribution in [0.15, 0.2) is 35.2 Å². The number of fused-ring (bicyclic) bond motifs is 1. The zero-order chi connectivity index (χ0) is 17.4. The van der Waals surface area contributed by atoms with E-state index >= 15 is 0 Å². The zero-order valence-corrected chi connectivity index (χ0v) is 14.2. The number of aromatic nitrogens is 3. The number of oxazole rings is 1. The zero-order valence-electron chi connectivity index (χ0n) is 13.5. The maximum Gasteiger partial charge on any atom is 0.229 e. The van der Waals surface area contributed by atoms with Crippen molar-refractivity contribution in [3.8, 4) is 17.5 Å². The molecule has 6 nitrogen and oxygen atoms in total. The van der Waals surface area contributed by atoms with Gasteiger partial charge in [0.1, 0.15) is 6.26 Å². The van der Waals surface area contributed by atoms with E-state index in [1.807, 2.05) is 13.0 Å². The molecule has 1 unspecified atom stereocenters. The van der Waals surface area contributed by atoms with Crippen LogP contribution < -0.4 is 5.32 Å². The number of nitrogens with one attached hydrogen (secondary N) is 1. The molecule has 2 heterocycles. The van der Waals surface area contributed by atoms with E-state index in [9.17, 15) is 5.26 Å². The number of anilines is 1. The minimum atomic E-state index is 0.135. The second-order valence-electron chi connectivity index (χ2n) is 6.04. The largest absolute Gasteiger partial charge is 0.444 e. The highest BCUT2D eigenvalue weighted by Gasteiger charge is 2.25. The van der Waals surface area contributed by atoms with Gasteiger partial charge in [-0.15, -0.1) is 0 Å². The highest BCUT2D eigenvalue weighted by Crippen LogP contribution is 2.30. The Morgan fingerprint density at radius 1 is 1.28 bits per heavy atom. The number of nitrogens with zero attached hydrogens (tertiary/aromatic N) is 4. The molecule has 2 aromatic heterocycles. The van der Waals surface area contributed by atoms with E-state index in [2.05, 4.69) is 26.3 Å². The lowest BCUT2D eigenvalue weighted by Crippen LogP contribution is -2.21. The van der Waals surface area contributed by atoms with Gasteiger partial charge in [0.15, 0.2) is 0 Å². The van der Waals surface area contributed by atoms with E-state index in [1.54, 1.807) is 24.7 Å². The van der Waals surface area contributed by atoms with Gasteiger partial charge in [0.25, 0.3) is 0 Å². The van der Waals surface area contributed by atoms with E-state index < -0.39 is 0 Å². The van der Waals surface area contributed by atoms with Gasteiger partial charge in [-0.1, -0.05) is 11.6 Å². The van der Waals surface area contributed by atoms with E-state index in [0.717, 1.165) is 35.2 Å². The van der Waals surface area contributed by atoms with Crippen molar-refractivity contribution in [2.45, 2.75) is 25.8 Å². The van der Waals surface area contributed by atoms with Gasteiger partial charge in [-0.05, 0) is 43.0 Å². The fraction of sp³-hybridized carbons (Fsp3) is 0.222. The molecule has 0 amide bonds. The molecule has 7 heteroatoms. The number of nitriles is 1. The SMILES string of the molecule is Cc1coc(-c2cnc(NC3Cc4cc(Cl)cc(C#N)c4C3)nc2)n1. The van der Waals surface area contributed by atoms with Crippen LogP contribution in [0, 0.1) is 18.3 Å². The predicted molar refractivity (Wildman–Crippen MR) is 93.3 cm³/mol. The maximum atomic E-state index is 9.27. The molecule has 0 aliphatic heterocycles. The highest BCUT2D eigenvalue weighted by molar-refractivity contribution is 6.30. The number of halogens is 1. The molecule has 25 heavy (non-hydrogen) atoms. The summed E-state index contributed by atoms with van der Waals surface area (Å²) in [7, 11) is 0. The molecule has 4 rings (SSSR count). The summed E-state index contributed by atoms with van der Waals surface area (Å²) in [6.45, 7) is 1.86. The minimum Gasteiger partial charge on any atom is -0.444 e. The van der Waals surface area contributed by atoms with Crippen molar-refractivity contribution in [3.05, 3.63) is 58.2 Å². The van der Waals surface area contributed by atoms with Gasteiger partial charge >= 0.3 is 0 Å². The molecule has 1 aliphatic rings. The summed E-state index contributed by atoms with van der Waals surface area (Å²) in [4.78, 5) is 12.9. The first kappa shape index (κ1) is 15.6.